The van der Waals surface area contributed by atoms with E-state index in [1.807, 2.05) is 6.07 Å². The van der Waals surface area contributed by atoms with E-state index in [0.29, 0.717) is 5.56 Å². The molecule has 0 aliphatic rings. The minimum Gasteiger partial charge on any atom is -0.467 e. The fraction of sp³-hybridized carbons (Fsp3) is 0.250. The molecule has 0 heterocycles. The van der Waals surface area contributed by atoms with Crippen LogP contribution in [0.1, 0.15) is 16.8 Å². The van der Waals surface area contributed by atoms with Gasteiger partial charge in [0.15, 0.2) is 0 Å². The third-order valence-electron chi connectivity index (χ3n) is 2.16. The maximum atomic E-state index is 11.8. The molecule has 0 saturated carbocycles. The van der Waals surface area contributed by atoms with Crippen molar-refractivity contribution in [3.63, 3.8) is 0 Å². The molecule has 0 bridgehead atoms. The summed E-state index contributed by atoms with van der Waals surface area (Å²) in [5, 5.41) is 3.97. The number of carbonyl (C=O) groups is 2. The van der Waals surface area contributed by atoms with Crippen molar-refractivity contribution in [1.82, 2.24) is 5.32 Å². The van der Waals surface area contributed by atoms with Crippen molar-refractivity contribution in [2.75, 3.05) is 7.11 Å². The fourth-order valence-electron chi connectivity index (χ4n) is 1.28. The molecule has 0 radical (unpaired) electrons. The molecule has 0 saturated heterocycles. The SMILES string of the molecule is COC(=O)C(CC=S)NC(=O)c1ccccc1. The summed E-state index contributed by atoms with van der Waals surface area (Å²) in [5.74, 6) is -0.826. The Balaban J connectivity index is 2.71. The number of benzene rings is 1. The topological polar surface area (TPSA) is 55.4 Å². The Morgan fingerprint density at radius 3 is 2.59 bits per heavy atom. The first kappa shape index (κ1) is 13.3. The van der Waals surface area contributed by atoms with Gasteiger partial charge in [0, 0.05) is 12.0 Å². The van der Waals surface area contributed by atoms with Crippen LogP contribution in [0.25, 0.3) is 0 Å². The Hall–Kier alpha value is -1.75. The van der Waals surface area contributed by atoms with Crippen molar-refractivity contribution in [3.05, 3.63) is 35.9 Å². The fourth-order valence-corrected chi connectivity index (χ4v) is 1.48. The number of esters is 1. The Kier molecular flexibility index (Phi) is 5.29. The monoisotopic (exact) mass is 251 g/mol. The van der Waals surface area contributed by atoms with Crippen LogP contribution in [0, 0.1) is 0 Å². The lowest BCUT2D eigenvalue weighted by atomic mass is 10.1. The molecule has 0 fully saturated rings. The second-order valence-corrected chi connectivity index (χ2v) is 3.65. The second kappa shape index (κ2) is 6.75. The van der Waals surface area contributed by atoms with Crippen LogP contribution in [-0.4, -0.2) is 30.4 Å². The third kappa shape index (κ3) is 3.96. The number of methoxy groups -OCH3 is 1. The van der Waals surface area contributed by atoms with Gasteiger partial charge in [-0.25, -0.2) is 4.79 Å². The van der Waals surface area contributed by atoms with E-state index in [1.54, 1.807) is 24.3 Å². The zero-order valence-electron chi connectivity index (χ0n) is 9.38. The van der Waals surface area contributed by atoms with Crippen LogP contribution in [0.2, 0.25) is 0 Å². The van der Waals surface area contributed by atoms with Crippen LogP contribution in [-0.2, 0) is 9.53 Å². The number of thiocarbonyl (C=S) groups is 1. The van der Waals surface area contributed by atoms with Crippen molar-refractivity contribution in [2.24, 2.45) is 0 Å². The van der Waals surface area contributed by atoms with Crippen molar-refractivity contribution in [2.45, 2.75) is 12.5 Å². The molecule has 90 valence electrons. The molecular formula is C12H13NO3S. The lowest BCUT2D eigenvalue weighted by molar-refractivity contribution is -0.142. The number of amides is 1. The molecule has 17 heavy (non-hydrogen) atoms. The lowest BCUT2D eigenvalue weighted by Crippen LogP contribution is -2.41. The highest BCUT2D eigenvalue weighted by molar-refractivity contribution is 7.78. The van der Waals surface area contributed by atoms with Crippen molar-refractivity contribution < 1.29 is 14.3 Å². The molecule has 1 N–H and O–H groups in total. The summed E-state index contributed by atoms with van der Waals surface area (Å²) in [7, 11) is 1.27. The lowest BCUT2D eigenvalue weighted by Gasteiger charge is -2.14. The minimum absolute atomic E-state index is 0.264. The maximum absolute atomic E-state index is 11.8. The first-order chi connectivity index (χ1) is 8.19. The number of hydrogen-bond donors (Lipinski definition) is 1. The van der Waals surface area contributed by atoms with Crippen LogP contribution in [0.4, 0.5) is 0 Å². The van der Waals surface area contributed by atoms with Crippen LogP contribution in [0.3, 0.4) is 0 Å². The average Bonchev–Trinajstić information content (AvgIpc) is 2.38. The smallest absolute Gasteiger partial charge is 0.328 e. The molecule has 1 rings (SSSR count). The van der Waals surface area contributed by atoms with E-state index in [0.717, 1.165) is 0 Å². The molecule has 1 aromatic rings. The summed E-state index contributed by atoms with van der Waals surface area (Å²) in [6.45, 7) is 0. The van der Waals surface area contributed by atoms with Gasteiger partial charge < -0.3 is 10.1 Å². The largest absolute Gasteiger partial charge is 0.467 e. The van der Waals surface area contributed by atoms with Gasteiger partial charge in [-0.05, 0) is 17.5 Å². The number of rotatable bonds is 5. The summed E-state index contributed by atoms with van der Waals surface area (Å²) in [5.41, 5.74) is 0.491. The van der Waals surface area contributed by atoms with Crippen LogP contribution in [0.5, 0.6) is 0 Å². The summed E-state index contributed by atoms with van der Waals surface area (Å²) in [6.07, 6.45) is 0.264. The third-order valence-corrected chi connectivity index (χ3v) is 2.35. The molecule has 1 atom stereocenters. The van der Waals surface area contributed by atoms with Gasteiger partial charge in [0.05, 0.1) is 7.11 Å². The van der Waals surface area contributed by atoms with E-state index in [1.165, 1.54) is 12.5 Å². The van der Waals surface area contributed by atoms with Gasteiger partial charge in [-0.3, -0.25) is 4.79 Å². The van der Waals surface area contributed by atoms with E-state index in [9.17, 15) is 9.59 Å². The number of nitrogens with one attached hydrogen (secondary N) is 1. The highest BCUT2D eigenvalue weighted by Crippen LogP contribution is 2.01. The van der Waals surface area contributed by atoms with E-state index >= 15 is 0 Å². The molecule has 5 heteroatoms. The van der Waals surface area contributed by atoms with E-state index in [4.69, 9.17) is 0 Å². The second-order valence-electron chi connectivity index (χ2n) is 3.32. The predicted octanol–water partition coefficient (Wildman–Crippen LogP) is 1.35. The van der Waals surface area contributed by atoms with Crippen molar-refractivity contribution >= 4 is 29.5 Å². The van der Waals surface area contributed by atoms with Crippen LogP contribution >= 0.6 is 12.2 Å². The Bertz CT molecular complexity index is 405. The standard InChI is InChI=1S/C12H13NO3S/c1-16-12(15)10(7-8-17)13-11(14)9-5-3-2-4-6-9/h2-6,8,10H,7H2,1H3,(H,13,14). The highest BCUT2D eigenvalue weighted by Gasteiger charge is 2.20. The molecular weight excluding hydrogens is 238 g/mol. The number of hydrogen-bond acceptors (Lipinski definition) is 4. The molecule has 0 aromatic heterocycles. The Morgan fingerprint density at radius 2 is 2.06 bits per heavy atom. The van der Waals surface area contributed by atoms with Gasteiger partial charge >= 0.3 is 5.97 Å². The van der Waals surface area contributed by atoms with E-state index < -0.39 is 12.0 Å². The quantitative estimate of drug-likeness (QED) is 0.634. The highest BCUT2D eigenvalue weighted by atomic mass is 32.1. The van der Waals surface area contributed by atoms with Gasteiger partial charge in [0.1, 0.15) is 6.04 Å². The molecule has 0 aliphatic carbocycles. The van der Waals surface area contributed by atoms with E-state index in [2.05, 4.69) is 22.3 Å². The average molecular weight is 251 g/mol. The molecule has 4 nitrogen and oxygen atoms in total. The molecule has 0 aliphatic heterocycles. The summed E-state index contributed by atoms with van der Waals surface area (Å²) in [6, 6.07) is 7.92. The van der Waals surface area contributed by atoms with Gasteiger partial charge in [-0.2, -0.15) is 0 Å². The van der Waals surface area contributed by atoms with Crippen LogP contribution in [0.15, 0.2) is 30.3 Å². The first-order valence-electron chi connectivity index (χ1n) is 5.06. The Morgan fingerprint density at radius 1 is 1.41 bits per heavy atom. The van der Waals surface area contributed by atoms with Gasteiger partial charge in [-0.15, -0.1) is 0 Å². The zero-order chi connectivity index (χ0) is 12.7. The van der Waals surface area contributed by atoms with Crippen molar-refractivity contribution in [1.29, 1.82) is 0 Å². The Labute approximate surface area is 105 Å². The van der Waals surface area contributed by atoms with Gasteiger partial charge in [0.25, 0.3) is 5.91 Å². The first-order valence-corrected chi connectivity index (χ1v) is 5.53. The molecule has 1 aromatic carbocycles. The van der Waals surface area contributed by atoms with E-state index in [-0.39, 0.29) is 12.3 Å². The predicted molar refractivity (Wildman–Crippen MR) is 68.0 cm³/mol. The number of carbonyl (C=O) groups excluding carboxylic acids is 2. The molecule has 0 spiro atoms. The summed E-state index contributed by atoms with van der Waals surface area (Å²) < 4.78 is 4.58. The van der Waals surface area contributed by atoms with Crippen molar-refractivity contribution in [3.8, 4) is 0 Å². The van der Waals surface area contributed by atoms with Gasteiger partial charge in [0.2, 0.25) is 0 Å². The summed E-state index contributed by atoms with van der Waals surface area (Å²) in [4.78, 5) is 23.1. The zero-order valence-corrected chi connectivity index (χ0v) is 10.2. The number of ether oxygens (including phenoxy) is 1. The van der Waals surface area contributed by atoms with Crippen LogP contribution < -0.4 is 5.32 Å². The maximum Gasteiger partial charge on any atom is 0.328 e. The van der Waals surface area contributed by atoms with Gasteiger partial charge in [-0.1, -0.05) is 30.4 Å². The minimum atomic E-state index is -0.731. The molecule has 1 amide bonds. The summed E-state index contributed by atoms with van der Waals surface area (Å²) >= 11 is 4.68. The normalized spacial score (nSPS) is 11.4. The molecule has 1 unspecified atom stereocenters.